The van der Waals surface area contributed by atoms with E-state index in [4.69, 9.17) is 10.5 Å². The average molecular weight is 349 g/mol. The smallest absolute Gasteiger partial charge is 0.222 e. The third-order valence-corrected chi connectivity index (χ3v) is 3.69. The molecule has 1 heterocycles. The van der Waals surface area contributed by atoms with Crippen LogP contribution in [0.15, 0.2) is 41.0 Å². The van der Waals surface area contributed by atoms with E-state index in [1.54, 1.807) is 6.20 Å². The van der Waals surface area contributed by atoms with Crippen LogP contribution in [-0.2, 0) is 6.42 Å². The minimum atomic E-state index is 0.0750. The van der Waals surface area contributed by atoms with Gasteiger partial charge in [-0.1, -0.05) is 35.8 Å². The Morgan fingerprint density at radius 2 is 2.00 bits per heavy atom. The number of halogens is 1. The van der Waals surface area contributed by atoms with Crippen molar-refractivity contribution >= 4 is 15.9 Å². The molecule has 0 aliphatic heterocycles. The summed E-state index contributed by atoms with van der Waals surface area (Å²) in [5.74, 6) is 1.86. The Morgan fingerprint density at radius 1 is 1.24 bits per heavy atom. The number of rotatable bonds is 5. The van der Waals surface area contributed by atoms with Gasteiger partial charge in [-0.2, -0.15) is 0 Å². The number of hydrogen-bond donors (Lipinski definition) is 1. The second-order valence-corrected chi connectivity index (χ2v) is 6.50. The van der Waals surface area contributed by atoms with Crippen molar-refractivity contribution in [3.63, 3.8) is 0 Å². The van der Waals surface area contributed by atoms with Gasteiger partial charge in [-0.15, -0.1) is 0 Å². The Balaban J connectivity index is 2.34. The largest absolute Gasteiger partial charge is 0.438 e. The molecule has 0 spiro atoms. The third-order valence-electron chi connectivity index (χ3n) is 3.19. The predicted octanol–water partition coefficient (Wildman–Crippen LogP) is 4.65. The number of aromatic nitrogens is 1. The fourth-order valence-electron chi connectivity index (χ4n) is 2.19. The lowest BCUT2D eigenvalue weighted by Gasteiger charge is -2.16. The molecule has 21 heavy (non-hydrogen) atoms. The minimum Gasteiger partial charge on any atom is -0.438 e. The minimum absolute atomic E-state index is 0.0750. The Hall–Kier alpha value is -1.39. The molecule has 1 atom stereocenters. The fraction of sp³-hybridized carbons (Fsp3) is 0.353. The van der Waals surface area contributed by atoms with Crippen LogP contribution in [-0.4, -0.2) is 11.0 Å². The van der Waals surface area contributed by atoms with Gasteiger partial charge in [0.15, 0.2) is 0 Å². The van der Waals surface area contributed by atoms with E-state index < -0.39 is 0 Å². The van der Waals surface area contributed by atoms with Crippen LogP contribution in [0.3, 0.4) is 0 Å². The Kier molecular flexibility index (Phi) is 5.37. The predicted molar refractivity (Wildman–Crippen MR) is 89.9 cm³/mol. The van der Waals surface area contributed by atoms with Crippen molar-refractivity contribution in [3.8, 4) is 11.6 Å². The van der Waals surface area contributed by atoms with Gasteiger partial charge in [0.2, 0.25) is 5.88 Å². The van der Waals surface area contributed by atoms with Gasteiger partial charge < -0.3 is 10.5 Å². The first-order valence-electron chi connectivity index (χ1n) is 7.14. The zero-order chi connectivity index (χ0) is 15.4. The number of ether oxygens (including phenoxy) is 1. The molecular formula is C17H21BrN2O. The molecule has 4 heteroatoms. The maximum Gasteiger partial charge on any atom is 0.222 e. The van der Waals surface area contributed by atoms with Crippen molar-refractivity contribution in [2.24, 2.45) is 5.73 Å². The summed E-state index contributed by atoms with van der Waals surface area (Å²) in [6.07, 6.45) is 2.49. The van der Waals surface area contributed by atoms with Crippen molar-refractivity contribution < 1.29 is 4.74 Å². The van der Waals surface area contributed by atoms with Gasteiger partial charge in [-0.05, 0) is 49.1 Å². The van der Waals surface area contributed by atoms with Crippen LogP contribution in [0.2, 0.25) is 0 Å². The molecule has 1 unspecified atom stereocenters. The summed E-state index contributed by atoms with van der Waals surface area (Å²) in [4.78, 5) is 4.36. The van der Waals surface area contributed by atoms with Gasteiger partial charge in [-0.3, -0.25) is 0 Å². The number of hydrogen-bond acceptors (Lipinski definition) is 3. The molecule has 0 saturated carbocycles. The summed E-state index contributed by atoms with van der Waals surface area (Å²) >= 11 is 3.51. The van der Waals surface area contributed by atoms with E-state index in [-0.39, 0.29) is 6.04 Å². The molecule has 0 fully saturated rings. The third kappa shape index (κ3) is 4.29. The van der Waals surface area contributed by atoms with Crippen molar-refractivity contribution in [1.29, 1.82) is 0 Å². The van der Waals surface area contributed by atoms with Gasteiger partial charge in [-0.25, -0.2) is 4.98 Å². The van der Waals surface area contributed by atoms with Gasteiger partial charge in [0, 0.05) is 22.3 Å². The average Bonchev–Trinajstić information content (AvgIpc) is 2.42. The first kappa shape index (κ1) is 16.0. The maximum atomic E-state index is 6.07. The first-order chi connectivity index (χ1) is 9.97. The second-order valence-electron chi connectivity index (χ2n) is 5.59. The molecule has 112 valence electrons. The number of nitrogens with zero attached hydrogens (tertiary/aromatic N) is 1. The van der Waals surface area contributed by atoms with Gasteiger partial charge in [0.25, 0.3) is 0 Å². The van der Waals surface area contributed by atoms with Gasteiger partial charge >= 0.3 is 0 Å². The van der Waals surface area contributed by atoms with E-state index in [2.05, 4.69) is 40.8 Å². The summed E-state index contributed by atoms with van der Waals surface area (Å²) < 4.78 is 7.12. The topological polar surface area (TPSA) is 48.1 Å². The highest BCUT2D eigenvalue weighted by Crippen LogP contribution is 2.33. The summed E-state index contributed by atoms with van der Waals surface area (Å²) in [5.41, 5.74) is 8.08. The van der Waals surface area contributed by atoms with Crippen LogP contribution < -0.4 is 10.5 Å². The van der Waals surface area contributed by atoms with E-state index >= 15 is 0 Å². The molecule has 1 aromatic carbocycles. The van der Waals surface area contributed by atoms with E-state index in [0.717, 1.165) is 27.8 Å². The van der Waals surface area contributed by atoms with Crippen molar-refractivity contribution in [3.05, 3.63) is 52.1 Å². The maximum absolute atomic E-state index is 6.07. The van der Waals surface area contributed by atoms with Crippen LogP contribution in [0.5, 0.6) is 11.6 Å². The first-order valence-corrected chi connectivity index (χ1v) is 7.93. The van der Waals surface area contributed by atoms with E-state index in [9.17, 15) is 0 Å². The molecule has 0 aliphatic rings. The van der Waals surface area contributed by atoms with Gasteiger partial charge in [0.05, 0.1) is 0 Å². The van der Waals surface area contributed by atoms with E-state index in [1.165, 1.54) is 0 Å². The van der Waals surface area contributed by atoms with E-state index in [0.29, 0.717) is 11.8 Å². The Bertz CT molecular complexity index is 611. The number of pyridine rings is 1. The van der Waals surface area contributed by atoms with Crippen LogP contribution in [0, 0.1) is 0 Å². The zero-order valence-electron chi connectivity index (χ0n) is 12.6. The quantitative estimate of drug-likeness (QED) is 0.855. The highest BCUT2D eigenvalue weighted by Gasteiger charge is 2.13. The molecule has 2 rings (SSSR count). The molecule has 0 amide bonds. The molecule has 0 saturated heterocycles. The standard InChI is InChI=1S/C17H21BrN2O/c1-11(2)15-10-14(18)6-7-16(15)21-17-13(9-12(3)19)5-4-8-20-17/h4-8,10-12H,9,19H2,1-3H3. The molecule has 2 N–H and O–H groups in total. The molecule has 3 nitrogen and oxygen atoms in total. The zero-order valence-corrected chi connectivity index (χ0v) is 14.2. The lowest BCUT2D eigenvalue weighted by Crippen LogP contribution is -2.18. The molecular weight excluding hydrogens is 328 g/mol. The Morgan fingerprint density at radius 3 is 2.67 bits per heavy atom. The normalized spacial score (nSPS) is 12.5. The fourth-order valence-corrected chi connectivity index (χ4v) is 2.56. The number of benzene rings is 1. The summed E-state index contributed by atoms with van der Waals surface area (Å²) in [6, 6.07) is 10.0. The Labute approximate surface area is 134 Å². The monoisotopic (exact) mass is 348 g/mol. The van der Waals surface area contributed by atoms with E-state index in [1.807, 2.05) is 31.2 Å². The van der Waals surface area contributed by atoms with Gasteiger partial charge in [0.1, 0.15) is 5.75 Å². The van der Waals surface area contributed by atoms with Crippen LogP contribution >= 0.6 is 15.9 Å². The molecule has 0 aliphatic carbocycles. The van der Waals surface area contributed by atoms with Crippen LogP contribution in [0.25, 0.3) is 0 Å². The van der Waals surface area contributed by atoms with Crippen molar-refractivity contribution in [1.82, 2.24) is 4.98 Å². The van der Waals surface area contributed by atoms with Crippen LogP contribution in [0.4, 0.5) is 0 Å². The summed E-state index contributed by atoms with van der Waals surface area (Å²) in [7, 11) is 0. The number of nitrogens with two attached hydrogens (primary N) is 1. The molecule has 1 aromatic heterocycles. The van der Waals surface area contributed by atoms with Crippen LogP contribution in [0.1, 0.15) is 37.8 Å². The van der Waals surface area contributed by atoms with Crippen molar-refractivity contribution in [2.45, 2.75) is 39.2 Å². The SMILES string of the molecule is CC(N)Cc1cccnc1Oc1ccc(Br)cc1C(C)C. The lowest BCUT2D eigenvalue weighted by atomic mass is 10.0. The highest BCUT2D eigenvalue weighted by molar-refractivity contribution is 9.10. The molecule has 0 radical (unpaired) electrons. The molecule has 0 bridgehead atoms. The van der Waals surface area contributed by atoms with Crippen molar-refractivity contribution in [2.75, 3.05) is 0 Å². The second kappa shape index (κ2) is 7.05. The highest BCUT2D eigenvalue weighted by atomic mass is 79.9. The molecule has 2 aromatic rings. The lowest BCUT2D eigenvalue weighted by molar-refractivity contribution is 0.446. The summed E-state index contributed by atoms with van der Waals surface area (Å²) in [5, 5.41) is 0. The summed E-state index contributed by atoms with van der Waals surface area (Å²) in [6.45, 7) is 6.28.